The van der Waals surface area contributed by atoms with Crippen LogP contribution in [0.1, 0.15) is 56.2 Å². The van der Waals surface area contributed by atoms with E-state index in [9.17, 15) is 9.18 Å². The zero-order chi connectivity index (χ0) is 24.8. The first-order valence-electron chi connectivity index (χ1n) is 12.6. The Kier molecular flexibility index (Phi) is 5.75. The van der Waals surface area contributed by atoms with Crippen LogP contribution < -0.4 is 20.1 Å². The minimum Gasteiger partial charge on any atom is -0.481 e. The van der Waals surface area contributed by atoms with Crippen LogP contribution in [0, 0.1) is 11.2 Å². The number of carbonyl (C=O) groups is 1. The van der Waals surface area contributed by atoms with Crippen LogP contribution in [0.4, 0.5) is 10.2 Å². The van der Waals surface area contributed by atoms with E-state index in [1.54, 1.807) is 13.2 Å². The van der Waals surface area contributed by atoms with Crippen LogP contribution in [-0.4, -0.2) is 40.1 Å². The average molecular weight is 492 g/mol. The highest BCUT2D eigenvalue weighted by molar-refractivity contribution is 5.94. The quantitative estimate of drug-likeness (QED) is 0.508. The molecule has 0 aromatic carbocycles. The van der Waals surface area contributed by atoms with Gasteiger partial charge in [-0.1, -0.05) is 0 Å². The molecule has 3 saturated carbocycles. The normalized spacial score (nSPS) is 24.8. The smallest absolute Gasteiger partial charge is 0.263 e. The van der Waals surface area contributed by atoms with E-state index in [0.717, 1.165) is 50.6 Å². The molecule has 0 saturated heterocycles. The number of aryl methyl sites for hydroxylation is 1. The lowest BCUT2D eigenvalue weighted by Crippen LogP contribution is -2.54. The van der Waals surface area contributed by atoms with E-state index >= 15 is 0 Å². The summed E-state index contributed by atoms with van der Waals surface area (Å²) in [6, 6.07) is 7.41. The van der Waals surface area contributed by atoms with Crippen molar-refractivity contribution < 1.29 is 18.7 Å². The number of nitrogens with one attached hydrogen (secondary N) is 2. The van der Waals surface area contributed by atoms with Crippen LogP contribution in [0.25, 0.3) is 11.0 Å². The molecule has 0 radical (unpaired) electrons. The highest BCUT2D eigenvalue weighted by Crippen LogP contribution is 2.54. The maximum absolute atomic E-state index is 14.8. The summed E-state index contributed by atoms with van der Waals surface area (Å²) in [4.78, 5) is 24.9. The number of hydrogen-bond donors (Lipinski definition) is 2. The van der Waals surface area contributed by atoms with Crippen molar-refractivity contribution in [2.45, 2.75) is 63.5 Å². The lowest BCUT2D eigenvalue weighted by atomic mass is 9.55. The molecule has 3 aromatic heterocycles. The number of fused-ring (bicyclic) bond motifs is 5. The predicted octanol–water partition coefficient (Wildman–Crippen LogP) is 4.32. The third kappa shape index (κ3) is 4.25. The van der Waals surface area contributed by atoms with E-state index in [4.69, 9.17) is 9.47 Å². The molecule has 8 nitrogen and oxygen atoms in total. The van der Waals surface area contributed by atoms with Crippen molar-refractivity contribution in [3.63, 3.8) is 0 Å². The maximum atomic E-state index is 14.8. The first kappa shape index (κ1) is 23.1. The minimum absolute atomic E-state index is 0.0336. The SMILES string of the molecule is COc1ccc2ncc(F)c(CCC34CCC(NCc5ccc6c(n5)NC(=O)CO6)(CC3)CC4)c2n1. The third-order valence-electron chi connectivity index (χ3n) is 8.43. The van der Waals surface area contributed by atoms with E-state index in [1.807, 2.05) is 18.2 Å². The molecule has 3 aliphatic carbocycles. The Morgan fingerprint density at radius 1 is 1.11 bits per heavy atom. The number of pyridine rings is 3. The molecular formula is C27H30FN5O3. The van der Waals surface area contributed by atoms with Gasteiger partial charge in [-0.25, -0.2) is 14.4 Å². The van der Waals surface area contributed by atoms with Gasteiger partial charge in [0.25, 0.3) is 5.91 Å². The number of methoxy groups -OCH3 is 1. The molecule has 2 N–H and O–H groups in total. The second kappa shape index (κ2) is 8.96. The second-order valence-electron chi connectivity index (χ2n) is 10.4. The van der Waals surface area contributed by atoms with Crippen molar-refractivity contribution in [1.29, 1.82) is 0 Å². The molecule has 1 amide bonds. The van der Waals surface area contributed by atoms with Gasteiger partial charge in [0.1, 0.15) is 5.82 Å². The van der Waals surface area contributed by atoms with Gasteiger partial charge in [-0.2, -0.15) is 0 Å². The second-order valence-corrected chi connectivity index (χ2v) is 10.4. The van der Waals surface area contributed by atoms with Crippen LogP contribution in [0.2, 0.25) is 0 Å². The third-order valence-corrected chi connectivity index (χ3v) is 8.43. The van der Waals surface area contributed by atoms with Crippen molar-refractivity contribution >= 4 is 22.8 Å². The fourth-order valence-corrected chi connectivity index (χ4v) is 6.10. The highest BCUT2D eigenvalue weighted by atomic mass is 19.1. The predicted molar refractivity (Wildman–Crippen MR) is 132 cm³/mol. The molecule has 0 unspecified atom stereocenters. The summed E-state index contributed by atoms with van der Waals surface area (Å²) in [5.41, 5.74) is 3.19. The molecule has 1 aliphatic heterocycles. The van der Waals surface area contributed by atoms with Crippen molar-refractivity contribution in [3.05, 3.63) is 47.5 Å². The fourth-order valence-electron chi connectivity index (χ4n) is 6.10. The lowest BCUT2D eigenvalue weighted by Gasteiger charge is -2.54. The highest BCUT2D eigenvalue weighted by Gasteiger charge is 2.48. The van der Waals surface area contributed by atoms with E-state index in [-0.39, 0.29) is 29.3 Å². The number of hydrogen-bond acceptors (Lipinski definition) is 7. The molecule has 0 atom stereocenters. The molecular weight excluding hydrogens is 461 g/mol. The molecule has 4 heterocycles. The first-order chi connectivity index (χ1) is 17.5. The summed E-state index contributed by atoms with van der Waals surface area (Å²) in [6.45, 7) is 0.684. The van der Waals surface area contributed by atoms with Crippen LogP contribution in [0.15, 0.2) is 30.5 Å². The Hall–Kier alpha value is -3.33. The zero-order valence-corrected chi connectivity index (χ0v) is 20.4. The van der Waals surface area contributed by atoms with Crippen molar-refractivity contribution in [1.82, 2.24) is 20.3 Å². The number of ether oxygens (including phenoxy) is 2. The van der Waals surface area contributed by atoms with Gasteiger partial charge in [-0.05, 0) is 75.0 Å². The maximum Gasteiger partial charge on any atom is 0.263 e. The molecule has 4 aliphatic rings. The van der Waals surface area contributed by atoms with Gasteiger partial charge in [-0.3, -0.25) is 9.78 Å². The summed E-state index contributed by atoms with van der Waals surface area (Å²) in [5, 5.41) is 6.56. The topological polar surface area (TPSA) is 98.3 Å². The van der Waals surface area contributed by atoms with Gasteiger partial charge in [0.05, 0.1) is 30.0 Å². The monoisotopic (exact) mass is 491 g/mol. The summed E-state index contributed by atoms with van der Waals surface area (Å²) < 4.78 is 25.5. The molecule has 188 valence electrons. The number of rotatable bonds is 7. The molecule has 0 spiro atoms. The summed E-state index contributed by atoms with van der Waals surface area (Å²) in [7, 11) is 1.57. The lowest BCUT2D eigenvalue weighted by molar-refractivity contribution is -0.118. The van der Waals surface area contributed by atoms with Gasteiger partial charge in [0, 0.05) is 23.7 Å². The Morgan fingerprint density at radius 2 is 1.92 bits per heavy atom. The largest absolute Gasteiger partial charge is 0.481 e. The number of nitrogens with zero attached hydrogens (tertiary/aromatic N) is 3. The number of carbonyl (C=O) groups excluding carboxylic acids is 1. The first-order valence-corrected chi connectivity index (χ1v) is 12.6. The van der Waals surface area contributed by atoms with Gasteiger partial charge in [-0.15, -0.1) is 0 Å². The Labute approximate surface area is 209 Å². The zero-order valence-electron chi connectivity index (χ0n) is 20.4. The van der Waals surface area contributed by atoms with Gasteiger partial charge in [0.15, 0.2) is 18.2 Å². The van der Waals surface area contributed by atoms with Gasteiger partial charge < -0.3 is 20.1 Å². The van der Waals surface area contributed by atoms with Crippen molar-refractivity contribution in [3.8, 4) is 11.6 Å². The average Bonchev–Trinajstić information content (AvgIpc) is 2.92. The van der Waals surface area contributed by atoms with Crippen LogP contribution in [-0.2, 0) is 17.8 Å². The molecule has 3 fully saturated rings. The van der Waals surface area contributed by atoms with Crippen molar-refractivity contribution in [2.75, 3.05) is 19.0 Å². The molecule has 9 heteroatoms. The summed E-state index contributed by atoms with van der Waals surface area (Å²) >= 11 is 0. The fraction of sp³-hybridized carbons (Fsp3) is 0.481. The Morgan fingerprint density at radius 3 is 2.69 bits per heavy atom. The van der Waals surface area contributed by atoms with Crippen molar-refractivity contribution in [2.24, 2.45) is 5.41 Å². The molecule has 2 bridgehead atoms. The number of halogens is 1. The van der Waals surface area contributed by atoms with E-state index in [2.05, 4.69) is 25.6 Å². The van der Waals surface area contributed by atoms with Gasteiger partial charge in [0.2, 0.25) is 5.88 Å². The number of amides is 1. The van der Waals surface area contributed by atoms with E-state index in [1.165, 1.54) is 6.20 Å². The summed E-state index contributed by atoms with van der Waals surface area (Å²) in [5.74, 6) is 1.12. The van der Waals surface area contributed by atoms with E-state index in [0.29, 0.717) is 47.0 Å². The van der Waals surface area contributed by atoms with Crippen LogP contribution >= 0.6 is 0 Å². The van der Waals surface area contributed by atoms with Crippen LogP contribution in [0.3, 0.4) is 0 Å². The molecule has 36 heavy (non-hydrogen) atoms. The van der Waals surface area contributed by atoms with Gasteiger partial charge >= 0.3 is 0 Å². The minimum atomic E-state index is -0.290. The van der Waals surface area contributed by atoms with E-state index < -0.39 is 0 Å². The molecule has 3 aromatic rings. The molecule has 7 rings (SSSR count). The Balaban J connectivity index is 1.10. The Bertz CT molecular complexity index is 1310. The number of aromatic nitrogens is 3. The standard InChI is InChI=1S/C27H30FN5O3/c1-35-23-5-3-20-24(33-23)18(19(28)15-29-20)6-7-26-8-11-27(12-9-26,13-10-26)30-14-17-2-4-21-25(31-17)32-22(34)16-36-21/h2-5,15,30H,6-14,16H2,1H3,(H,31,32,34). The number of anilines is 1. The van der Waals surface area contributed by atoms with Crippen LogP contribution in [0.5, 0.6) is 11.6 Å². The summed E-state index contributed by atoms with van der Waals surface area (Å²) in [6.07, 6.45) is 9.60.